The molecule has 0 N–H and O–H groups in total. The van der Waals surface area contributed by atoms with E-state index in [4.69, 9.17) is 5.26 Å². The van der Waals surface area contributed by atoms with Crippen molar-refractivity contribution in [3.8, 4) is 6.07 Å². The van der Waals surface area contributed by atoms with Crippen LogP contribution in [0.1, 0.15) is 11.1 Å². The van der Waals surface area contributed by atoms with Crippen molar-refractivity contribution in [1.29, 1.82) is 5.26 Å². The SMILES string of the molecule is N#Cc1ccc(CSc2nc3ccccc3s2)c(F)c1. The van der Waals surface area contributed by atoms with Crippen LogP contribution in [0, 0.1) is 17.1 Å². The van der Waals surface area contributed by atoms with Crippen LogP contribution in [0.25, 0.3) is 10.2 Å². The molecule has 0 aliphatic carbocycles. The molecule has 0 radical (unpaired) electrons. The Hall–Kier alpha value is -1.90. The topological polar surface area (TPSA) is 36.7 Å². The number of hydrogen-bond donors (Lipinski definition) is 0. The Labute approximate surface area is 123 Å². The van der Waals surface area contributed by atoms with Gasteiger partial charge in [-0.05, 0) is 29.8 Å². The molecule has 2 aromatic carbocycles. The summed E-state index contributed by atoms with van der Waals surface area (Å²) in [6.07, 6.45) is 0. The van der Waals surface area contributed by atoms with Crippen molar-refractivity contribution in [2.75, 3.05) is 0 Å². The van der Waals surface area contributed by atoms with Crippen LogP contribution in [0.4, 0.5) is 4.39 Å². The van der Waals surface area contributed by atoms with Crippen LogP contribution in [-0.4, -0.2) is 4.98 Å². The van der Waals surface area contributed by atoms with Crippen molar-refractivity contribution in [3.05, 3.63) is 59.4 Å². The Morgan fingerprint density at radius 1 is 1.25 bits per heavy atom. The summed E-state index contributed by atoms with van der Waals surface area (Å²) < 4.78 is 15.8. The van der Waals surface area contributed by atoms with E-state index in [1.54, 1.807) is 23.5 Å². The summed E-state index contributed by atoms with van der Waals surface area (Å²) in [4.78, 5) is 4.50. The third-order valence-electron chi connectivity index (χ3n) is 2.81. The molecule has 20 heavy (non-hydrogen) atoms. The number of benzene rings is 2. The molecule has 1 heterocycles. The summed E-state index contributed by atoms with van der Waals surface area (Å²) in [5, 5.41) is 8.71. The Balaban J connectivity index is 1.77. The zero-order chi connectivity index (χ0) is 13.9. The lowest BCUT2D eigenvalue weighted by atomic mass is 10.1. The number of thiazole rings is 1. The Kier molecular flexibility index (Phi) is 3.68. The smallest absolute Gasteiger partial charge is 0.151 e. The lowest BCUT2D eigenvalue weighted by Crippen LogP contribution is -1.88. The average Bonchev–Trinajstić information content (AvgIpc) is 2.88. The Morgan fingerprint density at radius 3 is 2.85 bits per heavy atom. The minimum atomic E-state index is -0.335. The number of rotatable bonds is 3. The first-order valence-electron chi connectivity index (χ1n) is 5.93. The molecule has 5 heteroatoms. The van der Waals surface area contributed by atoms with Gasteiger partial charge in [0, 0.05) is 5.75 Å². The Bertz CT molecular complexity index is 772. The van der Waals surface area contributed by atoms with Gasteiger partial charge in [0.25, 0.3) is 0 Å². The van der Waals surface area contributed by atoms with Gasteiger partial charge in [0.1, 0.15) is 5.82 Å². The molecular weight excluding hydrogens is 291 g/mol. The summed E-state index contributed by atoms with van der Waals surface area (Å²) >= 11 is 3.12. The number of para-hydroxylation sites is 1. The second-order valence-electron chi connectivity index (χ2n) is 4.15. The molecule has 0 amide bonds. The van der Waals surface area contributed by atoms with E-state index in [0.717, 1.165) is 14.6 Å². The molecule has 0 saturated carbocycles. The van der Waals surface area contributed by atoms with Gasteiger partial charge < -0.3 is 0 Å². The van der Waals surface area contributed by atoms with Gasteiger partial charge in [-0.15, -0.1) is 11.3 Å². The highest BCUT2D eigenvalue weighted by Crippen LogP contribution is 2.31. The summed E-state index contributed by atoms with van der Waals surface area (Å²) in [5.41, 5.74) is 1.91. The van der Waals surface area contributed by atoms with Crippen molar-refractivity contribution in [3.63, 3.8) is 0 Å². The second-order valence-corrected chi connectivity index (χ2v) is 6.41. The molecule has 0 aliphatic heterocycles. The largest absolute Gasteiger partial charge is 0.230 e. The summed E-state index contributed by atoms with van der Waals surface area (Å²) in [7, 11) is 0. The van der Waals surface area contributed by atoms with Gasteiger partial charge in [-0.25, -0.2) is 9.37 Å². The fraction of sp³-hybridized carbons (Fsp3) is 0.0667. The maximum Gasteiger partial charge on any atom is 0.151 e. The van der Waals surface area contributed by atoms with Crippen LogP contribution >= 0.6 is 23.1 Å². The number of aromatic nitrogens is 1. The number of thioether (sulfide) groups is 1. The molecule has 0 bridgehead atoms. The number of fused-ring (bicyclic) bond motifs is 1. The van der Waals surface area contributed by atoms with Gasteiger partial charge >= 0.3 is 0 Å². The van der Waals surface area contributed by atoms with E-state index in [1.165, 1.54) is 17.8 Å². The van der Waals surface area contributed by atoms with Crippen LogP contribution < -0.4 is 0 Å². The highest BCUT2D eigenvalue weighted by Gasteiger charge is 2.07. The molecule has 0 spiro atoms. The second kappa shape index (κ2) is 5.61. The molecule has 0 atom stereocenters. The number of halogens is 1. The Morgan fingerprint density at radius 2 is 2.10 bits per heavy atom. The third-order valence-corrected chi connectivity index (χ3v) is 5.04. The first kappa shape index (κ1) is 13.1. The van der Waals surface area contributed by atoms with Crippen molar-refractivity contribution < 1.29 is 4.39 Å². The van der Waals surface area contributed by atoms with Crippen molar-refractivity contribution >= 4 is 33.3 Å². The molecular formula is C15H9FN2S2. The predicted octanol–water partition coefficient (Wildman–Crippen LogP) is 4.60. The maximum atomic E-state index is 13.8. The summed E-state index contributed by atoms with van der Waals surface area (Å²) in [6, 6.07) is 14.4. The van der Waals surface area contributed by atoms with E-state index in [-0.39, 0.29) is 5.82 Å². The normalized spacial score (nSPS) is 10.6. The van der Waals surface area contributed by atoms with E-state index in [2.05, 4.69) is 4.98 Å². The number of hydrogen-bond acceptors (Lipinski definition) is 4. The quantitative estimate of drug-likeness (QED) is 0.663. The molecule has 0 aliphatic rings. The van der Waals surface area contributed by atoms with E-state index in [1.807, 2.05) is 30.3 Å². The fourth-order valence-electron chi connectivity index (χ4n) is 1.79. The van der Waals surface area contributed by atoms with Gasteiger partial charge in [-0.3, -0.25) is 0 Å². The molecule has 0 unspecified atom stereocenters. The first-order valence-corrected chi connectivity index (χ1v) is 7.73. The molecule has 0 fully saturated rings. The van der Waals surface area contributed by atoms with E-state index in [0.29, 0.717) is 16.9 Å². The minimum Gasteiger partial charge on any atom is -0.230 e. The summed E-state index contributed by atoms with van der Waals surface area (Å²) in [5.74, 6) is 0.176. The molecule has 3 rings (SSSR count). The van der Waals surface area contributed by atoms with E-state index < -0.39 is 0 Å². The zero-order valence-electron chi connectivity index (χ0n) is 10.3. The van der Waals surface area contributed by atoms with E-state index in [9.17, 15) is 4.39 Å². The van der Waals surface area contributed by atoms with Crippen LogP contribution in [0.15, 0.2) is 46.8 Å². The third kappa shape index (κ3) is 2.67. The molecule has 98 valence electrons. The molecule has 3 aromatic rings. The van der Waals surface area contributed by atoms with E-state index >= 15 is 0 Å². The highest BCUT2D eigenvalue weighted by molar-refractivity contribution is 8.00. The standard InChI is InChI=1S/C15H9FN2S2/c16-12-7-10(8-17)5-6-11(12)9-19-15-18-13-3-1-2-4-14(13)20-15/h1-7H,9H2. The highest BCUT2D eigenvalue weighted by atomic mass is 32.2. The van der Waals surface area contributed by atoms with Gasteiger partial charge in [-0.1, -0.05) is 30.0 Å². The van der Waals surface area contributed by atoms with Crippen LogP contribution in [0.3, 0.4) is 0 Å². The number of nitriles is 1. The molecule has 2 nitrogen and oxygen atoms in total. The predicted molar refractivity (Wildman–Crippen MR) is 80.3 cm³/mol. The average molecular weight is 300 g/mol. The van der Waals surface area contributed by atoms with Crippen LogP contribution in [-0.2, 0) is 5.75 Å². The lowest BCUT2D eigenvalue weighted by Gasteiger charge is -2.01. The summed E-state index contributed by atoms with van der Waals surface area (Å²) in [6.45, 7) is 0. The van der Waals surface area contributed by atoms with Crippen LogP contribution in [0.5, 0.6) is 0 Å². The van der Waals surface area contributed by atoms with Crippen LogP contribution in [0.2, 0.25) is 0 Å². The molecule has 0 saturated heterocycles. The lowest BCUT2D eigenvalue weighted by molar-refractivity contribution is 0.617. The zero-order valence-corrected chi connectivity index (χ0v) is 12.0. The van der Waals surface area contributed by atoms with Gasteiger partial charge in [-0.2, -0.15) is 5.26 Å². The first-order chi connectivity index (χ1) is 9.76. The van der Waals surface area contributed by atoms with Crippen molar-refractivity contribution in [2.24, 2.45) is 0 Å². The van der Waals surface area contributed by atoms with Gasteiger partial charge in [0.05, 0.1) is 21.8 Å². The van der Waals surface area contributed by atoms with Crippen molar-refractivity contribution in [2.45, 2.75) is 10.1 Å². The number of nitrogens with zero attached hydrogens (tertiary/aromatic N) is 2. The minimum absolute atomic E-state index is 0.335. The van der Waals surface area contributed by atoms with Gasteiger partial charge in [0.2, 0.25) is 0 Å². The fourth-order valence-corrected chi connectivity index (χ4v) is 3.84. The van der Waals surface area contributed by atoms with Gasteiger partial charge in [0.15, 0.2) is 4.34 Å². The monoisotopic (exact) mass is 300 g/mol. The van der Waals surface area contributed by atoms with Crippen molar-refractivity contribution in [1.82, 2.24) is 4.98 Å². The molecule has 1 aromatic heterocycles. The maximum absolute atomic E-state index is 13.8.